The number of hydrogen-bond acceptors (Lipinski definition) is 21. The predicted molar refractivity (Wildman–Crippen MR) is 417 cm³/mol. The fourth-order valence-electron chi connectivity index (χ4n) is 14.3. The van der Waals surface area contributed by atoms with Gasteiger partial charge in [-0.25, -0.2) is 24.1 Å². The number of benzene rings is 6. The molecule has 2 fully saturated rings. The number of aromatic nitrogens is 8. The summed E-state index contributed by atoms with van der Waals surface area (Å²) in [6.07, 6.45) is 2.41. The zero-order valence-electron chi connectivity index (χ0n) is 65.1. The summed E-state index contributed by atoms with van der Waals surface area (Å²) in [5.74, 6) is -6.92. The highest BCUT2D eigenvalue weighted by atomic mass is 16.5. The molecule has 600 valence electrons. The Balaban J connectivity index is 0.889. The topological polar surface area (TPSA) is 441 Å². The number of aromatic amines is 1. The Kier molecular flexibility index (Phi) is 24.5. The molecule has 12 bridgehead atoms. The van der Waals surface area contributed by atoms with Crippen LogP contribution in [0.3, 0.4) is 0 Å². The minimum Gasteiger partial charge on any atom is -0.487 e. The number of rotatable bonds is 14. The number of carboxylic acid groups (broad SMARTS) is 1. The summed E-state index contributed by atoms with van der Waals surface area (Å²) in [6, 6.07) is 27.1. The van der Waals surface area contributed by atoms with Gasteiger partial charge >= 0.3 is 11.7 Å². The van der Waals surface area contributed by atoms with Crippen LogP contribution in [0.15, 0.2) is 155 Å². The van der Waals surface area contributed by atoms with Gasteiger partial charge in [0.1, 0.15) is 84.1 Å². The van der Waals surface area contributed by atoms with Crippen molar-refractivity contribution in [3.8, 4) is 11.5 Å². The van der Waals surface area contributed by atoms with Crippen LogP contribution in [0.25, 0.3) is 21.5 Å². The molecule has 0 spiro atoms. The van der Waals surface area contributed by atoms with E-state index in [0.29, 0.717) is 39.4 Å². The van der Waals surface area contributed by atoms with Gasteiger partial charge < -0.3 is 77.2 Å². The van der Waals surface area contributed by atoms with Crippen molar-refractivity contribution < 1.29 is 62.3 Å². The number of likely N-dealkylation sites (tertiary alicyclic amines) is 2. The van der Waals surface area contributed by atoms with E-state index < -0.39 is 142 Å². The van der Waals surface area contributed by atoms with E-state index in [1.807, 2.05) is 78.9 Å². The standard InChI is InChI=1S/C81H97N19O14/c1-45(83-9)69(101)89-66(79(3,4)5)75(107)97-41-57-37-64(97)73(105)86-61(35-49-19-25-51-15-11-13-17-53(51)31-49)71(103)85-60(68-91-78(111)114-94-68)33-47-21-27-59(28-22-47)113-43-56-40-100(96-93-56)81(82)38-65(98(44-81)76(108)67(80(6,7)8)90-70(102)46(2)84-10)74(106)87-62(36-50-20-26-52-16-12-14-18-54(52)32-50)72(104)88-63(77(109)110)34-48-23-29-58(30-24-48)112-42-55-39-99(57)95-92-55/h11-32,39-40,45-46,57,60-67,83-84H,33-38,41-44,82H2,1-10H3,(H,85,103)(H,86,105)(H,87,106)(H,88,104)(H,89,101)(H,90,102)(H,109,110)(H,91,94,111)/t45-,46-,57-,60-,61-,62-,63-,64-,65-,66+,67+,81-/m0/s1. The first-order valence-electron chi connectivity index (χ1n) is 37.9. The van der Waals surface area contributed by atoms with Crippen LogP contribution >= 0.6 is 0 Å². The summed E-state index contributed by atoms with van der Waals surface area (Å²) in [5, 5.41) is 57.7. The van der Waals surface area contributed by atoms with Gasteiger partial charge in [-0.3, -0.25) is 38.4 Å². The highest BCUT2D eigenvalue weighted by Crippen LogP contribution is 2.35. The van der Waals surface area contributed by atoms with Gasteiger partial charge in [0.2, 0.25) is 47.3 Å². The number of nitrogens with two attached hydrogens (primary N) is 1. The van der Waals surface area contributed by atoms with Crippen LogP contribution in [0.4, 0.5) is 0 Å². The zero-order valence-corrected chi connectivity index (χ0v) is 65.1. The van der Waals surface area contributed by atoms with Crippen molar-refractivity contribution in [1.82, 2.24) is 92.5 Å². The Morgan fingerprint density at radius 2 is 1.09 bits per heavy atom. The summed E-state index contributed by atoms with van der Waals surface area (Å²) in [7, 11) is 3.21. The zero-order chi connectivity index (χ0) is 81.5. The molecule has 15 rings (SSSR count). The van der Waals surface area contributed by atoms with E-state index in [2.05, 4.69) is 73.3 Å². The SMILES string of the molecule is CN[C@@H](C)C(=O)N[C@H](C(=O)N1C[C@]2(N)C[C@H]1C(=O)N[C@@H](Cc1ccc3ccccc3c1)C(=O)N[C@H](C(=O)O)Cc1ccc(cc1)OCc1cn(nn1)[C@H]1C[C@@H](C(=O)N[C@@H](Cc3ccc4ccccc4c3)C(=O)N[C@H](c3nc(=O)o[nH]3)Cc3ccc(cc3)OCc3cn2nn3)N(C(=O)[C@@H](NC(=O)[C@H](C)NC)C(C)(C)C)C1)C(C)(C)C. The van der Waals surface area contributed by atoms with Crippen LogP contribution in [-0.2, 0) is 87.7 Å². The molecule has 0 unspecified atom stereocenters. The van der Waals surface area contributed by atoms with Gasteiger partial charge in [-0.15, -0.1) is 10.2 Å². The van der Waals surface area contributed by atoms with Gasteiger partial charge in [0, 0.05) is 38.6 Å². The molecule has 12 atom stereocenters. The molecule has 8 amide bonds. The molecule has 0 saturated carbocycles. The number of likely N-dealkylation sites (N-methyl/N-ethyl adjacent to an activating group) is 2. The summed E-state index contributed by atoms with van der Waals surface area (Å²) in [6.45, 7) is 13.2. The average Bonchev–Trinajstić information content (AvgIpc) is 1.63. The Morgan fingerprint density at radius 3 is 1.60 bits per heavy atom. The molecule has 0 radical (unpaired) electrons. The number of carboxylic acids is 1. The number of carbonyl (C=O) groups excluding carboxylic acids is 8. The molecule has 9 heterocycles. The Morgan fingerprint density at radius 1 is 0.596 bits per heavy atom. The van der Waals surface area contributed by atoms with Crippen LogP contribution in [0.1, 0.15) is 120 Å². The monoisotopic (exact) mass is 1560 g/mol. The maximum atomic E-state index is 15.5. The lowest BCUT2D eigenvalue weighted by Crippen LogP contribution is -2.61. The first-order chi connectivity index (χ1) is 54.3. The van der Waals surface area contributed by atoms with Crippen molar-refractivity contribution in [1.29, 1.82) is 0 Å². The number of H-pyrrole nitrogens is 1. The van der Waals surface area contributed by atoms with Crippen molar-refractivity contribution >= 4 is 74.8 Å². The lowest BCUT2D eigenvalue weighted by atomic mass is 9.85. The van der Waals surface area contributed by atoms with E-state index in [1.165, 1.54) is 25.4 Å². The fourth-order valence-corrected chi connectivity index (χ4v) is 14.3. The fraction of sp³-hybridized carbons (Fsp3) is 0.420. The molecule has 9 aromatic rings. The highest BCUT2D eigenvalue weighted by molar-refractivity contribution is 5.98. The molecule has 114 heavy (non-hydrogen) atoms. The van der Waals surface area contributed by atoms with Crippen LogP contribution in [-0.4, -0.2) is 190 Å². The third-order valence-corrected chi connectivity index (χ3v) is 21.2. The quantitative estimate of drug-likeness (QED) is 0.0743. The van der Waals surface area contributed by atoms with E-state index in [4.69, 9.17) is 19.7 Å². The third-order valence-electron chi connectivity index (χ3n) is 21.2. The van der Waals surface area contributed by atoms with Gasteiger partial charge in [0.15, 0.2) is 5.82 Å². The molecule has 6 aliphatic rings. The number of carbonyl (C=O) groups is 9. The van der Waals surface area contributed by atoms with Gasteiger partial charge in [0.25, 0.3) is 0 Å². The van der Waals surface area contributed by atoms with Crippen molar-refractivity contribution in [2.45, 2.75) is 179 Å². The smallest absolute Gasteiger partial charge is 0.459 e. The average molecular weight is 1560 g/mol. The summed E-state index contributed by atoms with van der Waals surface area (Å²) in [4.78, 5) is 152. The second kappa shape index (κ2) is 34.4. The minimum absolute atomic E-state index is 0.00783. The van der Waals surface area contributed by atoms with Gasteiger partial charge in [-0.2, -0.15) is 4.98 Å². The molecule has 33 heteroatoms. The number of fused-ring (bicyclic) bond motifs is 2. The molecular weight excluding hydrogens is 1460 g/mol. The normalized spacial score (nSPS) is 22.0. The minimum atomic E-state index is -1.67. The van der Waals surface area contributed by atoms with Crippen LogP contribution < -0.4 is 63.5 Å². The first-order valence-corrected chi connectivity index (χ1v) is 37.9. The second-order valence-corrected chi connectivity index (χ2v) is 31.8. The molecule has 33 nitrogen and oxygen atoms in total. The second-order valence-electron chi connectivity index (χ2n) is 31.8. The predicted octanol–water partition coefficient (Wildman–Crippen LogP) is 3.32. The Bertz CT molecular complexity index is 5090. The van der Waals surface area contributed by atoms with E-state index >= 15 is 24.0 Å². The summed E-state index contributed by atoms with van der Waals surface area (Å²) in [5.41, 5.74) is 6.82. The van der Waals surface area contributed by atoms with E-state index in [-0.39, 0.29) is 76.3 Å². The van der Waals surface area contributed by atoms with Crippen LogP contribution in [0.2, 0.25) is 0 Å². The van der Waals surface area contributed by atoms with Gasteiger partial charge in [-0.05, 0) is 113 Å². The first kappa shape index (κ1) is 81.3. The van der Waals surface area contributed by atoms with Crippen LogP contribution in [0.5, 0.6) is 11.5 Å². The number of hydrogen-bond donors (Lipinski definition) is 11. The summed E-state index contributed by atoms with van der Waals surface area (Å²) < 4.78 is 20.4. The van der Waals surface area contributed by atoms with E-state index in [9.17, 15) is 29.1 Å². The number of nitrogens with one attached hydrogen (secondary N) is 9. The van der Waals surface area contributed by atoms with Gasteiger partial charge in [-0.1, -0.05) is 161 Å². The van der Waals surface area contributed by atoms with Crippen molar-refractivity contribution in [2.75, 3.05) is 27.2 Å². The molecular formula is C81H97N19O14. The molecule has 6 aliphatic heterocycles. The number of amides is 8. The molecule has 0 aliphatic carbocycles. The molecule has 3 aromatic heterocycles. The number of aliphatic carboxylic acids is 1. The lowest BCUT2D eigenvalue weighted by Gasteiger charge is -2.36. The molecule has 2 saturated heterocycles. The number of nitrogens with zero attached hydrogens (tertiary/aromatic N) is 9. The summed E-state index contributed by atoms with van der Waals surface area (Å²) >= 11 is 0. The van der Waals surface area contributed by atoms with Crippen molar-refractivity contribution in [3.05, 3.63) is 196 Å². The Hall–Kier alpha value is -12.2. The van der Waals surface area contributed by atoms with E-state index in [0.717, 1.165) is 21.5 Å². The van der Waals surface area contributed by atoms with Crippen molar-refractivity contribution in [3.63, 3.8) is 0 Å². The van der Waals surface area contributed by atoms with E-state index in [1.54, 1.807) is 130 Å². The maximum absolute atomic E-state index is 15.5. The third kappa shape index (κ3) is 19.3. The van der Waals surface area contributed by atoms with Crippen molar-refractivity contribution in [2.24, 2.45) is 16.6 Å². The molecule has 6 aromatic carbocycles. The van der Waals surface area contributed by atoms with Crippen LogP contribution in [0, 0.1) is 10.8 Å². The maximum Gasteiger partial charge on any atom is 0.459 e. The lowest BCUT2D eigenvalue weighted by molar-refractivity contribution is -0.145. The Labute approximate surface area is 656 Å². The molecule has 12 N–H and O–H groups in total. The van der Waals surface area contributed by atoms with Gasteiger partial charge in [0.05, 0.1) is 43.1 Å². The largest absolute Gasteiger partial charge is 0.487 e. The number of ether oxygens (including phenoxy) is 2. The highest BCUT2D eigenvalue weighted by Gasteiger charge is 2.53.